The molecule has 128 valence electrons. The molecule has 5 heteroatoms. The molecule has 2 aromatic rings. The van der Waals surface area contributed by atoms with E-state index in [1.807, 2.05) is 31.2 Å². The normalized spacial score (nSPS) is 13.1. The molecule has 4 nitrogen and oxygen atoms in total. The Bertz CT molecular complexity index is 750. The molecule has 0 saturated carbocycles. The quantitative estimate of drug-likeness (QED) is 0.725. The van der Waals surface area contributed by atoms with Crippen LogP contribution >= 0.6 is 0 Å². The number of hydrogen-bond acceptors (Lipinski definition) is 4. The number of hydrogen-bond donors (Lipinski definition) is 0. The molecule has 0 heterocycles. The lowest BCUT2D eigenvalue weighted by atomic mass is 10.2. The van der Waals surface area contributed by atoms with Crippen molar-refractivity contribution in [2.24, 2.45) is 0 Å². The molecule has 0 unspecified atom stereocenters. The Morgan fingerprint density at radius 3 is 2.33 bits per heavy atom. The molecular formula is C19H22O4S. The van der Waals surface area contributed by atoms with E-state index in [1.54, 1.807) is 43.5 Å². The van der Waals surface area contributed by atoms with Crippen molar-refractivity contribution in [3.05, 3.63) is 71.6 Å². The average Bonchev–Trinajstić information content (AvgIpc) is 2.61. The van der Waals surface area contributed by atoms with Crippen LogP contribution < -0.4 is 4.74 Å². The van der Waals surface area contributed by atoms with Crippen LogP contribution in [-0.4, -0.2) is 21.6 Å². The summed E-state index contributed by atoms with van der Waals surface area (Å²) in [5.41, 5.74) is 1.04. The Labute approximate surface area is 143 Å². The molecule has 0 aliphatic carbocycles. The maximum absolute atomic E-state index is 12.1. The second kappa shape index (κ2) is 8.66. The summed E-state index contributed by atoms with van der Waals surface area (Å²) in [6, 6.07) is 16.0. The highest BCUT2D eigenvalue weighted by atomic mass is 32.2. The SMILES string of the molecule is COc1ccc(CO[C@@H](C)C/C=C/S(=O)(=O)c2ccccc2)cc1. The van der Waals surface area contributed by atoms with Crippen LogP contribution in [0.3, 0.4) is 0 Å². The number of rotatable bonds is 8. The molecule has 2 aromatic carbocycles. The van der Waals surface area contributed by atoms with Crippen LogP contribution in [0, 0.1) is 0 Å². The van der Waals surface area contributed by atoms with Crippen LogP contribution in [0.1, 0.15) is 18.9 Å². The highest BCUT2D eigenvalue weighted by Gasteiger charge is 2.09. The summed E-state index contributed by atoms with van der Waals surface area (Å²) in [6.07, 6.45) is 2.10. The predicted octanol–water partition coefficient (Wildman–Crippen LogP) is 3.98. The Kier molecular flexibility index (Phi) is 6.58. The van der Waals surface area contributed by atoms with Crippen molar-refractivity contribution in [2.75, 3.05) is 7.11 Å². The fraction of sp³-hybridized carbons (Fsp3) is 0.263. The van der Waals surface area contributed by atoms with Gasteiger partial charge < -0.3 is 9.47 Å². The van der Waals surface area contributed by atoms with E-state index in [1.165, 1.54) is 5.41 Å². The Morgan fingerprint density at radius 1 is 1.04 bits per heavy atom. The molecule has 0 N–H and O–H groups in total. The minimum atomic E-state index is -3.38. The molecule has 2 rings (SSSR count). The van der Waals surface area contributed by atoms with Gasteiger partial charge in [-0.2, -0.15) is 0 Å². The van der Waals surface area contributed by atoms with Gasteiger partial charge in [-0.15, -0.1) is 0 Å². The lowest BCUT2D eigenvalue weighted by Crippen LogP contribution is -2.07. The lowest BCUT2D eigenvalue weighted by Gasteiger charge is -2.11. The maximum Gasteiger partial charge on any atom is 0.199 e. The number of sulfone groups is 1. The molecule has 0 aromatic heterocycles. The van der Waals surface area contributed by atoms with Gasteiger partial charge >= 0.3 is 0 Å². The van der Waals surface area contributed by atoms with Crippen molar-refractivity contribution in [1.29, 1.82) is 0 Å². The molecule has 0 radical (unpaired) electrons. The maximum atomic E-state index is 12.1. The first kappa shape index (κ1) is 18.2. The summed E-state index contributed by atoms with van der Waals surface area (Å²) in [5.74, 6) is 0.806. The van der Waals surface area contributed by atoms with Gasteiger partial charge in [0.2, 0.25) is 0 Å². The van der Waals surface area contributed by atoms with E-state index in [-0.39, 0.29) is 6.10 Å². The van der Waals surface area contributed by atoms with Crippen molar-refractivity contribution in [3.63, 3.8) is 0 Å². The second-order valence-corrected chi connectivity index (χ2v) is 7.27. The molecule has 24 heavy (non-hydrogen) atoms. The summed E-state index contributed by atoms with van der Waals surface area (Å²) < 4.78 is 35.1. The van der Waals surface area contributed by atoms with E-state index in [9.17, 15) is 8.42 Å². The smallest absolute Gasteiger partial charge is 0.199 e. The van der Waals surface area contributed by atoms with Crippen LogP contribution in [0.15, 0.2) is 71.0 Å². The van der Waals surface area contributed by atoms with E-state index in [0.717, 1.165) is 11.3 Å². The second-order valence-electron chi connectivity index (χ2n) is 5.44. The largest absolute Gasteiger partial charge is 0.497 e. The van der Waals surface area contributed by atoms with Crippen LogP contribution in [0.4, 0.5) is 0 Å². The van der Waals surface area contributed by atoms with E-state index >= 15 is 0 Å². The van der Waals surface area contributed by atoms with Gasteiger partial charge in [0.15, 0.2) is 9.84 Å². The van der Waals surface area contributed by atoms with E-state index in [4.69, 9.17) is 9.47 Å². The molecular weight excluding hydrogens is 324 g/mol. The predicted molar refractivity (Wildman–Crippen MR) is 94.6 cm³/mol. The number of benzene rings is 2. The molecule has 0 fully saturated rings. The zero-order chi connectivity index (χ0) is 17.4. The average molecular weight is 346 g/mol. The van der Waals surface area contributed by atoms with Gasteiger partial charge in [-0.3, -0.25) is 0 Å². The summed E-state index contributed by atoms with van der Waals surface area (Å²) >= 11 is 0. The third-order valence-electron chi connectivity index (χ3n) is 3.51. The third kappa shape index (κ3) is 5.51. The third-order valence-corrected chi connectivity index (χ3v) is 4.99. The van der Waals surface area contributed by atoms with Gasteiger partial charge in [-0.05, 0) is 43.2 Å². The Balaban J connectivity index is 1.83. The van der Waals surface area contributed by atoms with Crippen LogP contribution in [0.25, 0.3) is 0 Å². The minimum Gasteiger partial charge on any atom is -0.497 e. The van der Waals surface area contributed by atoms with Crippen molar-refractivity contribution in [2.45, 2.75) is 31.0 Å². The number of methoxy groups -OCH3 is 1. The van der Waals surface area contributed by atoms with Gasteiger partial charge in [-0.1, -0.05) is 36.4 Å². The van der Waals surface area contributed by atoms with Crippen molar-refractivity contribution >= 4 is 9.84 Å². The molecule has 0 aliphatic rings. The molecule has 0 amide bonds. The first-order valence-electron chi connectivity index (χ1n) is 7.72. The Morgan fingerprint density at radius 2 is 1.71 bits per heavy atom. The monoisotopic (exact) mass is 346 g/mol. The van der Waals surface area contributed by atoms with Crippen molar-refractivity contribution < 1.29 is 17.9 Å². The summed E-state index contributed by atoms with van der Waals surface area (Å²) in [6.45, 7) is 2.40. The zero-order valence-electron chi connectivity index (χ0n) is 13.9. The fourth-order valence-electron chi connectivity index (χ4n) is 2.09. The molecule has 0 saturated heterocycles. The minimum absolute atomic E-state index is 0.0747. The van der Waals surface area contributed by atoms with Crippen LogP contribution in [-0.2, 0) is 21.2 Å². The van der Waals surface area contributed by atoms with Gasteiger partial charge in [0.25, 0.3) is 0 Å². The number of ether oxygens (including phenoxy) is 2. The van der Waals surface area contributed by atoms with Gasteiger partial charge in [0.05, 0.1) is 24.7 Å². The van der Waals surface area contributed by atoms with E-state index in [2.05, 4.69) is 0 Å². The van der Waals surface area contributed by atoms with E-state index in [0.29, 0.717) is 17.9 Å². The fourth-order valence-corrected chi connectivity index (χ4v) is 3.15. The first-order valence-corrected chi connectivity index (χ1v) is 9.27. The zero-order valence-corrected chi connectivity index (χ0v) is 14.7. The molecule has 0 aliphatic heterocycles. The Hall–Kier alpha value is -2.11. The summed E-state index contributed by atoms with van der Waals surface area (Å²) in [5, 5.41) is 1.25. The summed E-state index contributed by atoms with van der Waals surface area (Å²) in [7, 11) is -1.75. The van der Waals surface area contributed by atoms with Crippen LogP contribution in [0.5, 0.6) is 5.75 Å². The summed E-state index contributed by atoms with van der Waals surface area (Å²) in [4.78, 5) is 0.299. The van der Waals surface area contributed by atoms with Gasteiger partial charge in [-0.25, -0.2) is 8.42 Å². The highest BCUT2D eigenvalue weighted by Crippen LogP contribution is 2.14. The van der Waals surface area contributed by atoms with Crippen LogP contribution in [0.2, 0.25) is 0 Å². The van der Waals surface area contributed by atoms with E-state index < -0.39 is 9.84 Å². The molecule has 1 atom stereocenters. The lowest BCUT2D eigenvalue weighted by molar-refractivity contribution is 0.0552. The molecule has 0 bridgehead atoms. The van der Waals surface area contributed by atoms with Gasteiger partial charge in [0.1, 0.15) is 5.75 Å². The van der Waals surface area contributed by atoms with Gasteiger partial charge in [0, 0.05) is 5.41 Å². The topological polar surface area (TPSA) is 52.6 Å². The first-order chi connectivity index (χ1) is 11.5. The van der Waals surface area contributed by atoms with Crippen molar-refractivity contribution in [3.8, 4) is 5.75 Å². The molecule has 0 spiro atoms. The van der Waals surface area contributed by atoms with Crippen molar-refractivity contribution in [1.82, 2.24) is 0 Å². The highest BCUT2D eigenvalue weighted by molar-refractivity contribution is 7.94. The standard InChI is InChI=1S/C19H22O4S/c1-16(23-15-17-10-12-18(22-2)13-11-17)7-6-14-24(20,21)19-8-4-3-5-9-19/h3-6,8-14,16H,7,15H2,1-2H3/b14-6+/t16-/m0/s1.